The second-order valence-electron chi connectivity index (χ2n) is 6.48. The number of amides is 1. The predicted octanol–water partition coefficient (Wildman–Crippen LogP) is 4.69. The summed E-state index contributed by atoms with van der Waals surface area (Å²) in [5.41, 5.74) is 2.42. The Labute approximate surface area is 193 Å². The average molecular weight is 469 g/mol. The number of aromatic nitrogens is 2. The zero-order valence-electron chi connectivity index (χ0n) is 17.0. The van der Waals surface area contributed by atoms with Gasteiger partial charge in [-0.2, -0.15) is 4.98 Å². The lowest BCUT2D eigenvalue weighted by Gasteiger charge is -2.15. The van der Waals surface area contributed by atoms with E-state index >= 15 is 0 Å². The van der Waals surface area contributed by atoms with Gasteiger partial charge in [0.25, 0.3) is 5.91 Å². The molecule has 32 heavy (non-hydrogen) atoms. The van der Waals surface area contributed by atoms with Gasteiger partial charge in [0.15, 0.2) is 16.3 Å². The van der Waals surface area contributed by atoms with Crippen LogP contribution >= 0.6 is 23.8 Å². The first-order chi connectivity index (χ1) is 15.5. The Morgan fingerprint density at radius 1 is 1.09 bits per heavy atom. The molecule has 2 aromatic carbocycles. The minimum atomic E-state index is -0.492. The lowest BCUT2D eigenvalue weighted by atomic mass is 10.1. The summed E-state index contributed by atoms with van der Waals surface area (Å²) in [4.78, 5) is 21.4. The van der Waals surface area contributed by atoms with Crippen molar-refractivity contribution in [2.75, 3.05) is 19.5 Å². The monoisotopic (exact) mass is 468 g/mol. The third-order valence-corrected chi connectivity index (χ3v) is 5.04. The summed E-state index contributed by atoms with van der Waals surface area (Å²) in [6.07, 6.45) is 1.64. The molecule has 162 valence electrons. The minimum absolute atomic E-state index is 0.0428. The molecule has 8 nitrogen and oxygen atoms in total. The zero-order chi connectivity index (χ0) is 22.7. The van der Waals surface area contributed by atoms with Crippen molar-refractivity contribution in [3.8, 4) is 23.0 Å². The van der Waals surface area contributed by atoms with E-state index in [4.69, 9.17) is 37.7 Å². The van der Waals surface area contributed by atoms with Gasteiger partial charge in [0, 0.05) is 11.8 Å². The van der Waals surface area contributed by atoms with Gasteiger partial charge < -0.3 is 19.2 Å². The van der Waals surface area contributed by atoms with Gasteiger partial charge in [-0.1, -0.05) is 17.7 Å². The smallest absolute Gasteiger partial charge is 0.264 e. The Morgan fingerprint density at radius 2 is 1.84 bits per heavy atom. The van der Waals surface area contributed by atoms with Crippen molar-refractivity contribution in [3.05, 3.63) is 65.3 Å². The summed E-state index contributed by atoms with van der Waals surface area (Å²) in [5, 5.41) is 5.99. The molecule has 0 saturated carbocycles. The maximum atomic E-state index is 12.8. The number of hydrogen-bond donors (Lipinski definition) is 2. The van der Waals surface area contributed by atoms with Gasteiger partial charge in [0.1, 0.15) is 17.1 Å². The highest BCUT2D eigenvalue weighted by Crippen LogP contribution is 2.31. The van der Waals surface area contributed by atoms with Crippen molar-refractivity contribution < 1.29 is 18.7 Å². The summed E-state index contributed by atoms with van der Waals surface area (Å²) in [6, 6.07) is 13.7. The van der Waals surface area contributed by atoms with Crippen molar-refractivity contribution in [2.45, 2.75) is 0 Å². The zero-order valence-corrected chi connectivity index (χ0v) is 18.6. The van der Waals surface area contributed by atoms with Crippen LogP contribution in [0.15, 0.2) is 59.1 Å². The Hall–Kier alpha value is -3.69. The second-order valence-corrected chi connectivity index (χ2v) is 7.30. The molecule has 0 saturated heterocycles. The van der Waals surface area contributed by atoms with E-state index < -0.39 is 5.91 Å². The van der Waals surface area contributed by atoms with Crippen molar-refractivity contribution >= 4 is 51.8 Å². The highest BCUT2D eigenvalue weighted by Gasteiger charge is 2.19. The van der Waals surface area contributed by atoms with Gasteiger partial charge in [-0.25, -0.2) is 4.98 Å². The number of carbonyl (C=O) groups is 1. The molecule has 4 rings (SSSR count). The number of hydrogen-bond acceptors (Lipinski definition) is 7. The average Bonchev–Trinajstić information content (AvgIpc) is 3.24. The number of anilines is 1. The SMILES string of the molecule is COc1cccc(OC)c1C(=O)NC(=S)Nc1cc(-c2nc3ncccc3o2)ccc1Cl. The molecule has 0 unspecified atom stereocenters. The van der Waals surface area contributed by atoms with Crippen LogP contribution in [0.5, 0.6) is 11.5 Å². The maximum Gasteiger partial charge on any atom is 0.264 e. The molecule has 2 aromatic heterocycles. The van der Waals surface area contributed by atoms with Crippen molar-refractivity contribution in [3.63, 3.8) is 0 Å². The molecule has 0 radical (unpaired) electrons. The van der Waals surface area contributed by atoms with Crippen LogP contribution in [0, 0.1) is 0 Å². The summed E-state index contributed by atoms with van der Waals surface area (Å²) < 4.78 is 16.3. The van der Waals surface area contributed by atoms with Gasteiger partial charge in [0.2, 0.25) is 5.89 Å². The van der Waals surface area contributed by atoms with Gasteiger partial charge in [-0.3, -0.25) is 10.1 Å². The number of halogens is 1. The predicted molar refractivity (Wildman–Crippen MR) is 125 cm³/mol. The number of carbonyl (C=O) groups excluding carboxylic acids is 1. The maximum absolute atomic E-state index is 12.8. The van der Waals surface area contributed by atoms with Crippen LogP contribution in [0.2, 0.25) is 5.02 Å². The fourth-order valence-electron chi connectivity index (χ4n) is 3.04. The van der Waals surface area contributed by atoms with Crippen LogP contribution in [0.3, 0.4) is 0 Å². The van der Waals surface area contributed by atoms with Crippen molar-refractivity contribution in [2.24, 2.45) is 0 Å². The number of benzene rings is 2. The molecule has 1 amide bonds. The molecule has 2 heterocycles. The van der Waals surface area contributed by atoms with E-state index in [1.807, 2.05) is 0 Å². The van der Waals surface area contributed by atoms with E-state index in [9.17, 15) is 4.79 Å². The normalized spacial score (nSPS) is 10.6. The van der Waals surface area contributed by atoms with E-state index in [0.717, 1.165) is 0 Å². The third-order valence-electron chi connectivity index (χ3n) is 4.51. The number of ether oxygens (including phenoxy) is 2. The van der Waals surface area contributed by atoms with E-state index in [1.165, 1.54) is 14.2 Å². The first kappa shape index (κ1) is 21.5. The summed E-state index contributed by atoms with van der Waals surface area (Å²) in [6.45, 7) is 0. The molecule has 4 aromatic rings. The fraction of sp³-hybridized carbons (Fsp3) is 0.0909. The summed E-state index contributed by atoms with van der Waals surface area (Å²) >= 11 is 11.6. The molecular weight excluding hydrogens is 452 g/mol. The molecule has 0 aliphatic carbocycles. The van der Waals surface area contributed by atoms with E-state index in [2.05, 4.69) is 20.6 Å². The topological polar surface area (TPSA) is 98.5 Å². The Kier molecular flexibility index (Phi) is 6.20. The molecule has 0 aliphatic rings. The lowest BCUT2D eigenvalue weighted by Crippen LogP contribution is -2.34. The number of thiocarbonyl (C=S) groups is 1. The number of methoxy groups -OCH3 is 2. The number of fused-ring (bicyclic) bond motifs is 1. The van der Waals surface area contributed by atoms with Gasteiger partial charge in [-0.05, 0) is 54.7 Å². The van der Waals surface area contributed by atoms with Crippen LogP contribution in [0.25, 0.3) is 22.7 Å². The Bertz CT molecular complexity index is 1270. The van der Waals surface area contributed by atoms with Gasteiger partial charge >= 0.3 is 0 Å². The van der Waals surface area contributed by atoms with Crippen LogP contribution in [-0.4, -0.2) is 35.2 Å². The highest BCUT2D eigenvalue weighted by molar-refractivity contribution is 7.80. The van der Waals surface area contributed by atoms with Gasteiger partial charge in [0.05, 0.1) is 24.9 Å². The lowest BCUT2D eigenvalue weighted by molar-refractivity contribution is 0.0971. The molecule has 0 aliphatic heterocycles. The van der Waals surface area contributed by atoms with E-state index in [0.29, 0.717) is 44.9 Å². The molecular formula is C22H17ClN4O4S. The first-order valence-electron chi connectivity index (χ1n) is 9.35. The second kappa shape index (κ2) is 9.21. The molecule has 0 atom stereocenters. The Balaban J connectivity index is 1.55. The number of pyridine rings is 1. The first-order valence-corrected chi connectivity index (χ1v) is 10.1. The Morgan fingerprint density at radius 3 is 2.53 bits per heavy atom. The standard InChI is InChI=1S/C22H17ClN4O4S/c1-29-15-5-3-6-16(30-2)18(15)20(28)27-22(32)25-14-11-12(8-9-13(14)23)21-26-19-17(31-21)7-4-10-24-19/h3-11H,1-2H3,(H2,25,27,28,32). The molecule has 2 N–H and O–H groups in total. The van der Waals surface area contributed by atoms with Crippen LogP contribution in [0.1, 0.15) is 10.4 Å². The van der Waals surface area contributed by atoms with E-state index in [-0.39, 0.29) is 10.7 Å². The van der Waals surface area contributed by atoms with Crippen LogP contribution in [-0.2, 0) is 0 Å². The molecule has 0 bridgehead atoms. The molecule has 0 fully saturated rings. The fourth-order valence-corrected chi connectivity index (χ4v) is 3.41. The van der Waals surface area contributed by atoms with Crippen molar-refractivity contribution in [1.82, 2.24) is 15.3 Å². The number of nitrogens with one attached hydrogen (secondary N) is 2. The highest BCUT2D eigenvalue weighted by atomic mass is 35.5. The third kappa shape index (κ3) is 4.34. The van der Waals surface area contributed by atoms with Gasteiger partial charge in [-0.15, -0.1) is 0 Å². The van der Waals surface area contributed by atoms with Crippen LogP contribution in [0.4, 0.5) is 5.69 Å². The van der Waals surface area contributed by atoms with E-state index in [1.54, 1.807) is 54.7 Å². The number of rotatable bonds is 5. The minimum Gasteiger partial charge on any atom is -0.496 e. The molecule has 0 spiro atoms. The number of nitrogens with zero attached hydrogens (tertiary/aromatic N) is 2. The number of oxazole rings is 1. The van der Waals surface area contributed by atoms with Crippen LogP contribution < -0.4 is 20.1 Å². The van der Waals surface area contributed by atoms with Crippen molar-refractivity contribution in [1.29, 1.82) is 0 Å². The largest absolute Gasteiger partial charge is 0.496 e. The summed E-state index contributed by atoms with van der Waals surface area (Å²) in [7, 11) is 2.93. The quantitative estimate of drug-likeness (QED) is 0.407. The summed E-state index contributed by atoms with van der Waals surface area (Å²) in [5.74, 6) is 0.602. The molecule has 10 heteroatoms.